The molecule has 0 heterocycles. The molecule has 0 amide bonds. The molecule has 0 spiro atoms. The van der Waals surface area contributed by atoms with Crippen molar-refractivity contribution < 1.29 is 10.0 Å². The maximum atomic E-state index is 10.7. The van der Waals surface area contributed by atoms with Gasteiger partial charge < -0.3 is 10.4 Å². The van der Waals surface area contributed by atoms with Crippen molar-refractivity contribution in [3.8, 4) is 5.75 Å². The van der Waals surface area contributed by atoms with E-state index in [4.69, 9.17) is 0 Å². The lowest BCUT2D eigenvalue weighted by Crippen LogP contribution is -2.18. The Bertz CT molecular complexity index is 599. The van der Waals surface area contributed by atoms with Gasteiger partial charge in [0.1, 0.15) is 5.75 Å². The number of phenolic OH excluding ortho intramolecular Hbond substituents is 1. The van der Waals surface area contributed by atoms with Crippen molar-refractivity contribution in [2.75, 3.05) is 0 Å². The Kier molecular flexibility index (Phi) is 4.32. The molecule has 0 fully saturated rings. The number of rotatable bonds is 5. The molecule has 0 aliphatic heterocycles. The van der Waals surface area contributed by atoms with Crippen LogP contribution in [0.4, 0.5) is 5.69 Å². The third-order valence-electron chi connectivity index (χ3n) is 3.17. The maximum Gasteiger partial charge on any atom is 0.270 e. The van der Waals surface area contributed by atoms with Crippen LogP contribution in [0.5, 0.6) is 5.75 Å². The number of phenols is 1. The highest BCUT2D eigenvalue weighted by Crippen LogP contribution is 2.23. The van der Waals surface area contributed by atoms with E-state index in [2.05, 4.69) is 5.32 Å². The van der Waals surface area contributed by atoms with Crippen molar-refractivity contribution in [2.45, 2.75) is 19.5 Å². The van der Waals surface area contributed by atoms with Crippen LogP contribution in [-0.4, -0.2) is 10.0 Å². The smallest absolute Gasteiger partial charge is 0.270 e. The lowest BCUT2D eigenvalue weighted by atomic mass is 10.1. The summed E-state index contributed by atoms with van der Waals surface area (Å²) in [5, 5.41) is 23.7. The van der Waals surface area contributed by atoms with E-state index >= 15 is 0 Å². The zero-order valence-electron chi connectivity index (χ0n) is 11.1. The standard InChI is InChI=1S/C15H16N2O3/c1-11(12-5-3-2-4-6-12)16-10-13-9-14(17(19)20)7-8-15(13)18/h2-9,11,16,18H,10H2,1H3/t11-/m1/s1. The molecule has 0 aliphatic carbocycles. The molecule has 0 aromatic heterocycles. The number of benzene rings is 2. The first kappa shape index (κ1) is 14.0. The summed E-state index contributed by atoms with van der Waals surface area (Å²) in [6.45, 7) is 2.37. The lowest BCUT2D eigenvalue weighted by Gasteiger charge is -2.14. The molecule has 2 aromatic carbocycles. The van der Waals surface area contributed by atoms with Gasteiger partial charge in [-0.05, 0) is 18.6 Å². The topological polar surface area (TPSA) is 75.4 Å². The third kappa shape index (κ3) is 3.33. The first-order valence-electron chi connectivity index (χ1n) is 6.32. The van der Waals surface area contributed by atoms with Gasteiger partial charge in [0.15, 0.2) is 0 Å². The minimum Gasteiger partial charge on any atom is -0.508 e. The highest BCUT2D eigenvalue weighted by atomic mass is 16.6. The molecule has 0 saturated carbocycles. The Hall–Kier alpha value is -2.40. The van der Waals surface area contributed by atoms with Gasteiger partial charge in [-0.15, -0.1) is 0 Å². The van der Waals surface area contributed by atoms with Gasteiger partial charge in [0.05, 0.1) is 4.92 Å². The molecular formula is C15H16N2O3. The van der Waals surface area contributed by atoms with Gasteiger partial charge in [-0.3, -0.25) is 10.1 Å². The number of hydrogen-bond donors (Lipinski definition) is 2. The Morgan fingerprint density at radius 2 is 1.95 bits per heavy atom. The van der Waals surface area contributed by atoms with Gasteiger partial charge in [-0.25, -0.2) is 0 Å². The Morgan fingerprint density at radius 3 is 2.60 bits per heavy atom. The van der Waals surface area contributed by atoms with Gasteiger partial charge >= 0.3 is 0 Å². The average Bonchev–Trinajstić information content (AvgIpc) is 2.46. The quantitative estimate of drug-likeness (QED) is 0.647. The average molecular weight is 272 g/mol. The monoisotopic (exact) mass is 272 g/mol. The number of nitro groups is 1. The summed E-state index contributed by atoms with van der Waals surface area (Å²) in [5.41, 5.74) is 1.62. The summed E-state index contributed by atoms with van der Waals surface area (Å²) >= 11 is 0. The minimum atomic E-state index is -0.469. The number of nitro benzene ring substituents is 1. The minimum absolute atomic E-state index is 0.0213. The van der Waals surface area contributed by atoms with E-state index in [1.807, 2.05) is 37.3 Å². The van der Waals surface area contributed by atoms with Crippen molar-refractivity contribution in [1.29, 1.82) is 0 Å². The summed E-state index contributed by atoms with van der Waals surface area (Å²) in [6.07, 6.45) is 0. The van der Waals surface area contributed by atoms with Gasteiger partial charge in [0.25, 0.3) is 5.69 Å². The second kappa shape index (κ2) is 6.16. The SMILES string of the molecule is C[C@@H](NCc1cc([N+](=O)[O-])ccc1O)c1ccccc1. The zero-order chi connectivity index (χ0) is 14.5. The summed E-state index contributed by atoms with van der Waals surface area (Å²) < 4.78 is 0. The van der Waals surface area contributed by atoms with Crippen LogP contribution < -0.4 is 5.32 Å². The number of aromatic hydroxyl groups is 1. The van der Waals surface area contributed by atoms with Gasteiger partial charge in [0, 0.05) is 30.3 Å². The number of nitrogens with zero attached hydrogens (tertiary/aromatic N) is 1. The van der Waals surface area contributed by atoms with Crippen molar-refractivity contribution in [3.05, 3.63) is 69.8 Å². The van der Waals surface area contributed by atoms with Crippen molar-refractivity contribution in [3.63, 3.8) is 0 Å². The van der Waals surface area contributed by atoms with Gasteiger partial charge in [0.2, 0.25) is 0 Å². The molecule has 20 heavy (non-hydrogen) atoms. The molecular weight excluding hydrogens is 256 g/mol. The summed E-state index contributed by atoms with van der Waals surface area (Å²) in [6, 6.07) is 14.0. The highest BCUT2D eigenvalue weighted by molar-refractivity contribution is 5.43. The fraction of sp³-hybridized carbons (Fsp3) is 0.200. The normalized spacial score (nSPS) is 12.1. The molecule has 0 saturated heterocycles. The molecule has 5 heteroatoms. The van der Waals surface area contributed by atoms with Gasteiger partial charge in [-0.2, -0.15) is 0 Å². The highest BCUT2D eigenvalue weighted by Gasteiger charge is 2.11. The van der Waals surface area contributed by atoms with Crippen molar-refractivity contribution in [1.82, 2.24) is 5.32 Å². The molecule has 0 unspecified atom stereocenters. The Morgan fingerprint density at radius 1 is 1.25 bits per heavy atom. The number of nitrogens with one attached hydrogen (secondary N) is 1. The van der Waals surface area contributed by atoms with Crippen LogP contribution in [0.15, 0.2) is 48.5 Å². The Labute approximate surface area is 117 Å². The van der Waals surface area contributed by atoms with Gasteiger partial charge in [-0.1, -0.05) is 30.3 Å². The maximum absolute atomic E-state index is 10.7. The molecule has 2 rings (SSSR count). The predicted molar refractivity (Wildman–Crippen MR) is 76.5 cm³/mol. The molecule has 0 bridgehead atoms. The molecule has 1 atom stereocenters. The summed E-state index contributed by atoms with van der Waals surface area (Å²) in [4.78, 5) is 10.3. The van der Waals surface area contributed by atoms with Crippen molar-refractivity contribution >= 4 is 5.69 Å². The van der Waals surface area contributed by atoms with E-state index in [1.54, 1.807) is 0 Å². The van der Waals surface area contributed by atoms with E-state index in [0.29, 0.717) is 12.1 Å². The number of non-ortho nitro benzene ring substituents is 1. The first-order chi connectivity index (χ1) is 9.58. The number of hydrogen-bond acceptors (Lipinski definition) is 4. The van der Waals surface area contributed by atoms with Crippen molar-refractivity contribution in [2.24, 2.45) is 0 Å². The fourth-order valence-electron chi connectivity index (χ4n) is 1.95. The van der Waals surface area contributed by atoms with Crippen LogP contribution in [0.2, 0.25) is 0 Å². The van der Waals surface area contributed by atoms with Crippen LogP contribution in [-0.2, 0) is 6.54 Å². The largest absolute Gasteiger partial charge is 0.508 e. The first-order valence-corrected chi connectivity index (χ1v) is 6.32. The second-order valence-electron chi connectivity index (χ2n) is 4.58. The van der Waals surface area contributed by atoms with E-state index in [-0.39, 0.29) is 17.5 Å². The zero-order valence-corrected chi connectivity index (χ0v) is 11.1. The van der Waals surface area contributed by atoms with Crippen LogP contribution in [0, 0.1) is 10.1 Å². The Balaban J connectivity index is 2.07. The van der Waals surface area contributed by atoms with E-state index < -0.39 is 4.92 Å². The van der Waals surface area contributed by atoms with Crippen LogP contribution in [0.1, 0.15) is 24.1 Å². The van der Waals surface area contributed by atoms with E-state index in [1.165, 1.54) is 18.2 Å². The molecule has 0 radical (unpaired) electrons. The predicted octanol–water partition coefficient (Wildman–Crippen LogP) is 3.15. The molecule has 5 nitrogen and oxygen atoms in total. The third-order valence-corrected chi connectivity index (χ3v) is 3.17. The molecule has 2 aromatic rings. The van der Waals surface area contributed by atoms with Crippen LogP contribution >= 0.6 is 0 Å². The summed E-state index contributed by atoms with van der Waals surface area (Å²) in [5.74, 6) is 0.0587. The van der Waals surface area contributed by atoms with Crippen LogP contribution in [0.25, 0.3) is 0 Å². The second-order valence-corrected chi connectivity index (χ2v) is 4.58. The molecule has 0 aliphatic rings. The lowest BCUT2D eigenvalue weighted by molar-refractivity contribution is -0.384. The fourth-order valence-corrected chi connectivity index (χ4v) is 1.95. The van der Waals surface area contributed by atoms with E-state index in [9.17, 15) is 15.2 Å². The van der Waals surface area contributed by atoms with Crippen LogP contribution in [0.3, 0.4) is 0 Å². The summed E-state index contributed by atoms with van der Waals surface area (Å²) in [7, 11) is 0. The molecule has 104 valence electrons. The van der Waals surface area contributed by atoms with E-state index in [0.717, 1.165) is 5.56 Å². The molecule has 2 N–H and O–H groups in total.